The van der Waals surface area contributed by atoms with Crippen molar-refractivity contribution in [3.63, 3.8) is 0 Å². The second-order valence-corrected chi connectivity index (χ2v) is 6.61. The third-order valence-electron chi connectivity index (χ3n) is 4.57. The van der Waals surface area contributed by atoms with Gasteiger partial charge in [-0.15, -0.1) is 0 Å². The van der Waals surface area contributed by atoms with Crippen LogP contribution in [0, 0.1) is 12.8 Å². The first-order chi connectivity index (χ1) is 9.45. The van der Waals surface area contributed by atoms with Gasteiger partial charge in [0, 0.05) is 23.7 Å². The van der Waals surface area contributed by atoms with E-state index in [9.17, 15) is 0 Å². The van der Waals surface area contributed by atoms with Crippen LogP contribution in [-0.2, 0) is 0 Å². The monoisotopic (exact) mass is 314 g/mol. The van der Waals surface area contributed by atoms with Gasteiger partial charge < -0.3 is 10.2 Å². The lowest BCUT2D eigenvalue weighted by Crippen LogP contribution is -2.53. The van der Waals surface area contributed by atoms with Crippen molar-refractivity contribution < 1.29 is 0 Å². The molecule has 0 amide bonds. The van der Waals surface area contributed by atoms with Crippen LogP contribution in [0.4, 0.5) is 5.69 Å². The second-order valence-electron chi connectivity index (χ2n) is 5.80. The Morgan fingerprint density at radius 2 is 1.95 bits per heavy atom. The predicted octanol–water partition coefficient (Wildman–Crippen LogP) is 4.51. The Morgan fingerprint density at radius 3 is 2.60 bits per heavy atom. The van der Waals surface area contributed by atoms with Crippen LogP contribution in [0.1, 0.15) is 32.8 Å². The topological polar surface area (TPSA) is 15.3 Å². The molecule has 1 heterocycles. The van der Waals surface area contributed by atoms with Gasteiger partial charge in [-0.05, 0) is 50.4 Å². The van der Waals surface area contributed by atoms with E-state index in [1.807, 2.05) is 19.1 Å². The van der Waals surface area contributed by atoms with E-state index in [1.165, 1.54) is 0 Å². The highest BCUT2D eigenvalue weighted by Gasteiger charge is 2.32. The quantitative estimate of drug-likeness (QED) is 0.882. The first-order valence-electron chi connectivity index (χ1n) is 7.41. The van der Waals surface area contributed by atoms with E-state index in [-0.39, 0.29) is 0 Å². The molecule has 0 saturated carbocycles. The lowest BCUT2D eigenvalue weighted by atomic mass is 9.86. The van der Waals surface area contributed by atoms with E-state index < -0.39 is 0 Å². The van der Waals surface area contributed by atoms with Crippen molar-refractivity contribution in [3.05, 3.63) is 27.7 Å². The average Bonchev–Trinajstić information content (AvgIpc) is 2.40. The van der Waals surface area contributed by atoms with E-state index in [2.05, 4.69) is 31.0 Å². The highest BCUT2D eigenvalue weighted by Crippen LogP contribution is 2.36. The zero-order valence-electron chi connectivity index (χ0n) is 12.7. The maximum atomic E-state index is 6.43. The molecule has 4 heteroatoms. The number of rotatable bonds is 3. The molecule has 112 valence electrons. The van der Waals surface area contributed by atoms with Crippen molar-refractivity contribution in [2.45, 2.75) is 46.2 Å². The fourth-order valence-corrected chi connectivity index (χ4v) is 3.60. The van der Waals surface area contributed by atoms with Crippen LogP contribution in [0.25, 0.3) is 0 Å². The minimum absolute atomic E-state index is 0.448. The summed E-state index contributed by atoms with van der Waals surface area (Å²) >= 11 is 12.7. The van der Waals surface area contributed by atoms with Crippen molar-refractivity contribution in [1.82, 2.24) is 5.32 Å². The minimum atomic E-state index is 0.448. The lowest BCUT2D eigenvalue weighted by Gasteiger charge is -2.44. The van der Waals surface area contributed by atoms with Crippen molar-refractivity contribution in [2.24, 2.45) is 5.92 Å². The van der Waals surface area contributed by atoms with Crippen molar-refractivity contribution >= 4 is 28.9 Å². The van der Waals surface area contributed by atoms with Gasteiger partial charge in [-0.3, -0.25) is 0 Å². The minimum Gasteiger partial charge on any atom is -0.367 e. The van der Waals surface area contributed by atoms with Gasteiger partial charge in [-0.1, -0.05) is 37.0 Å². The number of halogens is 2. The Balaban J connectivity index is 2.24. The summed E-state index contributed by atoms with van der Waals surface area (Å²) < 4.78 is 0. The van der Waals surface area contributed by atoms with E-state index in [1.54, 1.807) is 0 Å². The third-order valence-corrected chi connectivity index (χ3v) is 5.28. The average molecular weight is 315 g/mol. The van der Waals surface area contributed by atoms with Crippen LogP contribution in [0.3, 0.4) is 0 Å². The number of aryl methyl sites for hydroxylation is 1. The molecule has 1 aliphatic heterocycles. The molecule has 2 nitrogen and oxygen atoms in total. The largest absolute Gasteiger partial charge is 0.367 e. The molecule has 1 aliphatic rings. The Morgan fingerprint density at radius 1 is 1.25 bits per heavy atom. The summed E-state index contributed by atoms with van der Waals surface area (Å²) in [5.41, 5.74) is 2.10. The van der Waals surface area contributed by atoms with Crippen LogP contribution in [-0.4, -0.2) is 25.2 Å². The number of nitrogens with zero attached hydrogens (tertiary/aromatic N) is 1. The molecule has 0 aliphatic carbocycles. The van der Waals surface area contributed by atoms with Crippen LogP contribution < -0.4 is 10.2 Å². The normalized spacial score (nSPS) is 26.9. The zero-order valence-corrected chi connectivity index (χ0v) is 14.2. The standard InChI is InChI=1S/C16H24Cl2N2/c1-5-19-15-6-7-20(12(4)11(15)3)16-9-13(17)10(2)8-14(16)18/h8-9,11-12,15,19H,5-7H2,1-4H3. The van der Waals surface area contributed by atoms with Gasteiger partial charge in [0.25, 0.3) is 0 Å². The molecule has 3 unspecified atom stereocenters. The number of benzene rings is 1. The van der Waals surface area contributed by atoms with Crippen molar-refractivity contribution in [2.75, 3.05) is 18.0 Å². The molecule has 1 saturated heterocycles. The maximum absolute atomic E-state index is 6.43. The fraction of sp³-hybridized carbons (Fsp3) is 0.625. The summed E-state index contributed by atoms with van der Waals surface area (Å²) in [5.74, 6) is 0.583. The summed E-state index contributed by atoms with van der Waals surface area (Å²) in [6.07, 6.45) is 1.14. The summed E-state index contributed by atoms with van der Waals surface area (Å²) in [4.78, 5) is 2.40. The van der Waals surface area contributed by atoms with Crippen LogP contribution in [0.15, 0.2) is 12.1 Å². The lowest BCUT2D eigenvalue weighted by molar-refractivity contribution is 0.274. The number of piperidine rings is 1. The van der Waals surface area contributed by atoms with Crippen molar-refractivity contribution in [3.8, 4) is 0 Å². The molecular weight excluding hydrogens is 291 g/mol. The molecule has 1 fully saturated rings. The van der Waals surface area contributed by atoms with Gasteiger partial charge in [0.2, 0.25) is 0 Å². The Bertz CT molecular complexity index is 476. The zero-order chi connectivity index (χ0) is 14.9. The molecule has 2 rings (SSSR count). The molecule has 0 aromatic heterocycles. The number of hydrogen-bond acceptors (Lipinski definition) is 2. The van der Waals surface area contributed by atoms with E-state index in [0.717, 1.165) is 40.8 Å². The molecule has 0 radical (unpaired) electrons. The van der Waals surface area contributed by atoms with Crippen molar-refractivity contribution in [1.29, 1.82) is 0 Å². The smallest absolute Gasteiger partial charge is 0.0643 e. The van der Waals surface area contributed by atoms with Crippen LogP contribution in [0.2, 0.25) is 10.0 Å². The van der Waals surface area contributed by atoms with E-state index >= 15 is 0 Å². The molecule has 1 N–H and O–H groups in total. The molecule has 1 aromatic rings. The molecule has 20 heavy (non-hydrogen) atoms. The SMILES string of the molecule is CCNC1CCN(c2cc(Cl)c(C)cc2Cl)C(C)C1C. The Labute approximate surface area is 132 Å². The summed E-state index contributed by atoms with van der Waals surface area (Å²) in [6.45, 7) is 10.8. The van der Waals surface area contributed by atoms with Crippen LogP contribution in [0.5, 0.6) is 0 Å². The number of nitrogens with one attached hydrogen (secondary N) is 1. The first kappa shape index (κ1) is 15.9. The summed E-state index contributed by atoms with van der Waals surface area (Å²) in [7, 11) is 0. The van der Waals surface area contributed by atoms with Gasteiger partial charge >= 0.3 is 0 Å². The molecule has 0 bridgehead atoms. The Kier molecular flexibility index (Phi) is 5.22. The molecular formula is C16H24Cl2N2. The molecule has 0 spiro atoms. The van der Waals surface area contributed by atoms with E-state index in [0.29, 0.717) is 18.0 Å². The highest BCUT2D eigenvalue weighted by atomic mass is 35.5. The van der Waals surface area contributed by atoms with Gasteiger partial charge in [0.1, 0.15) is 0 Å². The predicted molar refractivity (Wildman–Crippen MR) is 89.3 cm³/mol. The van der Waals surface area contributed by atoms with Gasteiger partial charge in [0.05, 0.1) is 10.7 Å². The van der Waals surface area contributed by atoms with Gasteiger partial charge in [-0.2, -0.15) is 0 Å². The summed E-state index contributed by atoms with van der Waals surface area (Å²) in [6, 6.07) is 5.01. The molecule has 1 aromatic carbocycles. The second kappa shape index (κ2) is 6.55. The number of hydrogen-bond donors (Lipinski definition) is 1. The van der Waals surface area contributed by atoms with E-state index in [4.69, 9.17) is 23.2 Å². The maximum Gasteiger partial charge on any atom is 0.0643 e. The fourth-order valence-electron chi connectivity index (χ4n) is 3.11. The Hall–Kier alpha value is -0.440. The number of anilines is 1. The summed E-state index contributed by atoms with van der Waals surface area (Å²) in [5, 5.41) is 5.17. The highest BCUT2D eigenvalue weighted by molar-refractivity contribution is 6.35. The molecule has 3 atom stereocenters. The first-order valence-corrected chi connectivity index (χ1v) is 8.17. The van der Waals surface area contributed by atoms with Gasteiger partial charge in [0.15, 0.2) is 0 Å². The van der Waals surface area contributed by atoms with Crippen LogP contribution >= 0.6 is 23.2 Å². The third kappa shape index (κ3) is 3.08. The van der Waals surface area contributed by atoms with Gasteiger partial charge in [-0.25, -0.2) is 0 Å².